The van der Waals surface area contributed by atoms with Crippen LogP contribution in [0.3, 0.4) is 0 Å². The van der Waals surface area contributed by atoms with Gasteiger partial charge >= 0.3 is 0 Å². The van der Waals surface area contributed by atoms with E-state index in [4.69, 9.17) is 16.6 Å². The number of carbonyl (C=O) groups is 1. The Morgan fingerprint density at radius 2 is 2.00 bits per heavy atom. The molecule has 1 atom stereocenters. The minimum absolute atomic E-state index is 0.0688. The molecule has 0 aliphatic carbocycles. The number of carbonyl (C=O) groups excluding carboxylic acids is 1. The van der Waals surface area contributed by atoms with Crippen molar-refractivity contribution in [1.29, 1.82) is 10.5 Å². The van der Waals surface area contributed by atoms with Gasteiger partial charge in [0.25, 0.3) is 17.3 Å². The van der Waals surface area contributed by atoms with Crippen LogP contribution in [-0.2, 0) is 4.79 Å². The third-order valence-corrected chi connectivity index (χ3v) is 5.15. The third-order valence-electron chi connectivity index (χ3n) is 5.15. The van der Waals surface area contributed by atoms with E-state index in [2.05, 4.69) is 4.85 Å². The van der Waals surface area contributed by atoms with Gasteiger partial charge in [0.2, 0.25) is 0 Å². The van der Waals surface area contributed by atoms with E-state index in [9.17, 15) is 10.1 Å². The van der Waals surface area contributed by atoms with Crippen LogP contribution >= 0.6 is 0 Å². The number of nitriles is 2. The summed E-state index contributed by atoms with van der Waals surface area (Å²) in [6, 6.07) is 16.6. The molecule has 2 aromatic rings. The minimum Gasteiger partial charge on any atom is -0.458 e. The first kappa shape index (κ1) is 20.6. The zero-order chi connectivity index (χ0) is 21.9. The lowest BCUT2D eigenvalue weighted by atomic mass is 10.0. The lowest BCUT2D eigenvalue weighted by molar-refractivity contribution is -0.114. The zero-order valence-corrected chi connectivity index (χ0v) is 17.1. The van der Waals surface area contributed by atoms with Crippen LogP contribution in [0.2, 0.25) is 0 Å². The number of allylic oxidation sites excluding steroid dienone is 2. The van der Waals surface area contributed by atoms with Crippen molar-refractivity contribution in [2.24, 2.45) is 0 Å². The summed E-state index contributed by atoms with van der Waals surface area (Å²) in [4.78, 5) is 17.7. The highest BCUT2D eigenvalue weighted by atomic mass is 16.5. The topological polar surface area (TPSA) is 81.2 Å². The number of anilines is 1. The van der Waals surface area contributed by atoms with E-state index in [1.54, 1.807) is 29.2 Å². The molecular formula is C24H20N4O2. The van der Waals surface area contributed by atoms with Crippen LogP contribution in [0, 0.1) is 43.1 Å². The number of hydrogen-bond donors (Lipinski definition) is 0. The van der Waals surface area contributed by atoms with Crippen molar-refractivity contribution in [2.45, 2.75) is 39.3 Å². The first-order chi connectivity index (χ1) is 14.4. The number of aryl methyl sites for hydroxylation is 2. The van der Waals surface area contributed by atoms with Crippen LogP contribution in [0.25, 0.3) is 10.4 Å². The molecule has 0 aromatic heterocycles. The summed E-state index contributed by atoms with van der Waals surface area (Å²) in [6.07, 6.45) is 0.385. The van der Waals surface area contributed by atoms with Crippen molar-refractivity contribution in [3.63, 3.8) is 0 Å². The molecule has 0 spiro atoms. The molecule has 6 heteroatoms. The Bertz CT molecular complexity index is 1160. The molecule has 1 aliphatic heterocycles. The number of benzene rings is 2. The SMILES string of the molecule is [C-]#[N+]/C(C#N)=C(/CC#N)c1cccc(N2C(=O)C2(CC)Oc2ccc(C)cc2C)c1. The van der Waals surface area contributed by atoms with Crippen molar-refractivity contribution in [2.75, 3.05) is 4.90 Å². The Labute approximate surface area is 176 Å². The van der Waals surface area contributed by atoms with Crippen molar-refractivity contribution in [1.82, 2.24) is 0 Å². The fourth-order valence-electron chi connectivity index (χ4n) is 3.53. The van der Waals surface area contributed by atoms with Gasteiger partial charge in [-0.25, -0.2) is 10.1 Å². The molecular weight excluding hydrogens is 376 g/mol. The van der Waals surface area contributed by atoms with Gasteiger partial charge in [0.15, 0.2) is 0 Å². The van der Waals surface area contributed by atoms with E-state index in [1.807, 2.05) is 51.1 Å². The molecule has 3 rings (SSSR count). The van der Waals surface area contributed by atoms with Gasteiger partial charge in [0, 0.05) is 12.1 Å². The quantitative estimate of drug-likeness (QED) is 0.395. The Kier molecular flexibility index (Phi) is 5.58. The Balaban J connectivity index is 1.99. The first-order valence-corrected chi connectivity index (χ1v) is 9.50. The molecule has 1 unspecified atom stereocenters. The van der Waals surface area contributed by atoms with Crippen LogP contribution in [0.4, 0.5) is 5.69 Å². The predicted molar refractivity (Wildman–Crippen MR) is 113 cm³/mol. The minimum atomic E-state index is -1.09. The van der Waals surface area contributed by atoms with E-state index >= 15 is 0 Å². The summed E-state index contributed by atoms with van der Waals surface area (Å²) in [7, 11) is 0. The number of nitrogens with zero attached hydrogens (tertiary/aromatic N) is 4. The van der Waals surface area contributed by atoms with Crippen molar-refractivity contribution in [3.05, 3.63) is 76.3 Å². The maximum Gasteiger partial charge on any atom is 0.296 e. The predicted octanol–water partition coefficient (Wildman–Crippen LogP) is 4.90. The number of amides is 1. The zero-order valence-electron chi connectivity index (χ0n) is 17.1. The van der Waals surface area contributed by atoms with Gasteiger partial charge in [-0.1, -0.05) is 36.8 Å². The highest BCUT2D eigenvalue weighted by Gasteiger charge is 2.65. The highest BCUT2D eigenvalue weighted by molar-refractivity contribution is 6.19. The molecule has 1 fully saturated rings. The molecule has 6 nitrogen and oxygen atoms in total. The lowest BCUT2D eigenvalue weighted by Crippen LogP contribution is -2.26. The molecule has 30 heavy (non-hydrogen) atoms. The van der Waals surface area contributed by atoms with Gasteiger partial charge in [0.05, 0.1) is 25.1 Å². The molecule has 2 aromatic carbocycles. The molecule has 1 heterocycles. The fraction of sp³-hybridized carbons (Fsp3) is 0.250. The van der Waals surface area contributed by atoms with Crippen molar-refractivity contribution in [3.8, 4) is 17.9 Å². The van der Waals surface area contributed by atoms with Gasteiger partial charge in [-0.05, 0) is 48.7 Å². The van der Waals surface area contributed by atoms with Crippen molar-refractivity contribution < 1.29 is 9.53 Å². The summed E-state index contributed by atoms with van der Waals surface area (Å²) in [5.41, 5.74) is 2.37. The highest BCUT2D eigenvalue weighted by Crippen LogP contribution is 2.45. The van der Waals surface area contributed by atoms with E-state index in [0.717, 1.165) is 11.1 Å². The number of ether oxygens (including phenoxy) is 1. The second-order valence-electron chi connectivity index (χ2n) is 7.09. The van der Waals surface area contributed by atoms with Gasteiger partial charge in [-0.2, -0.15) is 5.26 Å². The van der Waals surface area contributed by atoms with Crippen molar-refractivity contribution >= 4 is 17.2 Å². The Hall–Kier alpha value is -4.08. The van der Waals surface area contributed by atoms with E-state index in [1.165, 1.54) is 0 Å². The average Bonchev–Trinajstić information content (AvgIpc) is 3.33. The lowest BCUT2D eigenvalue weighted by Gasteiger charge is -2.18. The van der Waals surface area contributed by atoms with Gasteiger partial charge < -0.3 is 4.74 Å². The first-order valence-electron chi connectivity index (χ1n) is 9.50. The third kappa shape index (κ3) is 3.50. The van der Waals surface area contributed by atoms with Gasteiger partial charge in [-0.3, -0.25) is 9.69 Å². The summed E-state index contributed by atoms with van der Waals surface area (Å²) in [5.74, 6) is 0.498. The smallest absolute Gasteiger partial charge is 0.296 e. The molecule has 1 saturated heterocycles. The number of hydrogen-bond acceptors (Lipinski definition) is 4. The van der Waals surface area contributed by atoms with E-state index in [-0.39, 0.29) is 18.0 Å². The molecule has 0 saturated carbocycles. The van der Waals surface area contributed by atoms with Crippen LogP contribution in [0.5, 0.6) is 5.75 Å². The average molecular weight is 396 g/mol. The number of rotatable bonds is 6. The Morgan fingerprint density at radius 3 is 2.60 bits per heavy atom. The molecule has 1 aliphatic rings. The van der Waals surface area contributed by atoms with E-state index < -0.39 is 5.72 Å². The fourth-order valence-corrected chi connectivity index (χ4v) is 3.53. The van der Waals surface area contributed by atoms with Crippen LogP contribution in [-0.4, -0.2) is 11.6 Å². The second-order valence-corrected chi connectivity index (χ2v) is 7.09. The molecule has 0 bridgehead atoms. The molecule has 0 N–H and O–H groups in total. The maximum atomic E-state index is 12.8. The monoisotopic (exact) mass is 396 g/mol. The second kappa shape index (κ2) is 8.11. The van der Waals surface area contributed by atoms with Crippen LogP contribution in [0.15, 0.2) is 48.2 Å². The molecule has 1 amide bonds. The van der Waals surface area contributed by atoms with Crippen LogP contribution in [0.1, 0.15) is 36.5 Å². The summed E-state index contributed by atoms with van der Waals surface area (Å²) in [6.45, 7) is 13.0. The van der Waals surface area contributed by atoms with E-state index in [0.29, 0.717) is 29.0 Å². The van der Waals surface area contributed by atoms with Crippen LogP contribution < -0.4 is 9.64 Å². The Morgan fingerprint density at radius 1 is 1.23 bits per heavy atom. The summed E-state index contributed by atoms with van der Waals surface area (Å²) >= 11 is 0. The molecule has 0 radical (unpaired) electrons. The summed E-state index contributed by atoms with van der Waals surface area (Å²) < 4.78 is 6.18. The summed E-state index contributed by atoms with van der Waals surface area (Å²) in [5, 5.41) is 18.4. The van der Waals surface area contributed by atoms with Gasteiger partial charge in [0.1, 0.15) is 5.75 Å². The molecule has 148 valence electrons. The maximum absolute atomic E-state index is 12.8. The normalized spacial score (nSPS) is 18.0. The largest absolute Gasteiger partial charge is 0.458 e. The standard InChI is InChI=1S/C24H20N4O2/c1-5-24(30-22-10-9-16(2)13-17(22)3)23(29)28(24)19-8-6-7-18(14-19)20(11-12-25)21(15-26)27-4/h6-10,13-14H,5,11H2,1-3H3/b21-20-. The van der Waals surface area contributed by atoms with Gasteiger partial charge in [-0.15, -0.1) is 0 Å².